The summed E-state index contributed by atoms with van der Waals surface area (Å²) >= 11 is 0. The maximum absolute atomic E-state index is 14.1. The Morgan fingerprint density at radius 3 is 1.69 bits per heavy atom. The van der Waals surface area contributed by atoms with Gasteiger partial charge in [-0.3, -0.25) is 25.0 Å². The van der Waals surface area contributed by atoms with Gasteiger partial charge in [0.15, 0.2) is 19.0 Å². The molecule has 9 nitrogen and oxygen atoms in total. The van der Waals surface area contributed by atoms with Crippen molar-refractivity contribution in [3.05, 3.63) is 68.3 Å². The van der Waals surface area contributed by atoms with Crippen LogP contribution in [-0.2, 0) is 0 Å². The number of hydrogen-bond donors (Lipinski definition) is 0. The first-order chi connectivity index (χ1) is 16.5. The molecule has 0 amide bonds. The van der Waals surface area contributed by atoms with Gasteiger partial charge in [0.05, 0.1) is 15.9 Å². The highest BCUT2D eigenvalue weighted by molar-refractivity contribution is 5.74. The number of non-ortho nitro benzene ring substituents is 1. The number of ether oxygens (including phenoxy) is 2. The molecule has 36 heavy (non-hydrogen) atoms. The largest absolute Gasteiger partial charge is 0.487 e. The molecule has 0 aliphatic carbocycles. The minimum Gasteiger partial charge on any atom is -0.487 e. The zero-order valence-corrected chi connectivity index (χ0v) is 17.3. The Kier molecular flexibility index (Phi) is 7.75. The number of carbonyl (C=O) groups is 1. The second-order valence-electron chi connectivity index (χ2n) is 6.99. The predicted octanol–water partition coefficient (Wildman–Crippen LogP) is 5.31. The summed E-state index contributed by atoms with van der Waals surface area (Å²) < 4.78 is 121. The van der Waals surface area contributed by atoms with E-state index in [0.717, 1.165) is 24.3 Å². The molecule has 0 radical (unpaired) electrons. The van der Waals surface area contributed by atoms with Gasteiger partial charge in [-0.2, -0.15) is 35.1 Å². The first-order valence-corrected chi connectivity index (χ1v) is 9.22. The molecule has 0 aliphatic heterocycles. The van der Waals surface area contributed by atoms with Crippen molar-refractivity contribution in [3.63, 3.8) is 0 Å². The number of aldehydes is 1. The van der Waals surface area contributed by atoms with Gasteiger partial charge >= 0.3 is 29.4 Å². The Morgan fingerprint density at radius 1 is 0.750 bits per heavy atom. The lowest BCUT2D eigenvalue weighted by Crippen LogP contribution is -2.65. The molecule has 0 fully saturated rings. The van der Waals surface area contributed by atoms with E-state index in [1.54, 1.807) is 0 Å². The quantitative estimate of drug-likeness (QED) is 0.157. The zero-order chi connectivity index (χ0) is 27.5. The van der Waals surface area contributed by atoms with E-state index in [1.165, 1.54) is 0 Å². The number of benzene rings is 2. The van der Waals surface area contributed by atoms with Crippen LogP contribution in [0.1, 0.15) is 10.4 Å². The van der Waals surface area contributed by atoms with Crippen molar-refractivity contribution >= 4 is 17.7 Å². The van der Waals surface area contributed by atoms with Crippen LogP contribution in [0.15, 0.2) is 42.5 Å². The second kappa shape index (κ2) is 9.90. The second-order valence-corrected chi connectivity index (χ2v) is 6.99. The van der Waals surface area contributed by atoms with Crippen molar-refractivity contribution in [3.8, 4) is 11.5 Å². The molecule has 2 aromatic carbocycles. The fourth-order valence-electron chi connectivity index (χ4n) is 2.51. The highest BCUT2D eigenvalue weighted by Gasteiger charge is 2.81. The maximum Gasteiger partial charge on any atom is 0.381 e. The van der Waals surface area contributed by atoms with Crippen LogP contribution in [0.25, 0.3) is 0 Å². The average Bonchev–Trinajstić information content (AvgIpc) is 2.81. The molecule has 0 spiro atoms. The predicted molar refractivity (Wildman–Crippen MR) is 102 cm³/mol. The Labute approximate surface area is 194 Å². The summed E-state index contributed by atoms with van der Waals surface area (Å²) in [4.78, 5) is 29.6. The average molecular weight is 532 g/mol. The number of nitrogens with zero attached hydrogens (tertiary/aromatic N) is 2. The summed E-state index contributed by atoms with van der Waals surface area (Å²) in [6.07, 6.45) is 0.336. The van der Waals surface area contributed by atoms with E-state index < -0.39 is 69.6 Å². The zero-order valence-electron chi connectivity index (χ0n) is 17.3. The molecule has 0 heterocycles. The van der Waals surface area contributed by atoms with E-state index in [1.807, 2.05) is 0 Å². The van der Waals surface area contributed by atoms with Crippen molar-refractivity contribution in [2.75, 3.05) is 13.2 Å². The molecule has 0 bridgehead atoms. The number of alkyl halides is 8. The van der Waals surface area contributed by atoms with Crippen molar-refractivity contribution < 1.29 is 59.2 Å². The molecule has 2 aromatic rings. The van der Waals surface area contributed by atoms with Crippen molar-refractivity contribution in [1.82, 2.24) is 0 Å². The monoisotopic (exact) mass is 532 g/mol. The van der Waals surface area contributed by atoms with Gasteiger partial charge in [0.25, 0.3) is 5.69 Å². The molecule has 0 aromatic heterocycles. The molecule has 0 saturated carbocycles. The van der Waals surface area contributed by atoms with Crippen LogP contribution in [0.2, 0.25) is 0 Å². The fourth-order valence-corrected chi connectivity index (χ4v) is 2.51. The lowest BCUT2D eigenvalue weighted by Gasteiger charge is -2.36. The van der Waals surface area contributed by atoms with Gasteiger partial charge in [-0.05, 0) is 30.3 Å². The minimum atomic E-state index is -6.77. The number of rotatable bonds is 12. The topological polar surface area (TPSA) is 122 Å². The van der Waals surface area contributed by atoms with Crippen LogP contribution < -0.4 is 9.47 Å². The van der Waals surface area contributed by atoms with Gasteiger partial charge < -0.3 is 9.47 Å². The number of nitro benzene ring substituents is 2. The molecule has 196 valence electrons. The SMILES string of the molecule is O=Cc1ccc(OCC(F)(F)C(F)(F)C(F)(F)C(F)(F)COc2ccc([N+](=O)[O-])cc2[N+](=O)[O-])cc1. The lowest BCUT2D eigenvalue weighted by molar-refractivity contribution is -0.395. The van der Waals surface area contributed by atoms with E-state index in [4.69, 9.17) is 0 Å². The molecule has 17 heteroatoms. The normalized spacial score (nSPS) is 12.7. The molecule has 0 unspecified atom stereocenters. The fraction of sp³-hybridized carbons (Fsp3) is 0.316. The third-order valence-electron chi connectivity index (χ3n) is 4.51. The van der Waals surface area contributed by atoms with Gasteiger partial charge in [0.2, 0.25) is 0 Å². The number of carbonyl (C=O) groups excluding carboxylic acids is 1. The third-order valence-corrected chi connectivity index (χ3v) is 4.51. The van der Waals surface area contributed by atoms with Crippen LogP contribution in [0.4, 0.5) is 46.5 Å². The van der Waals surface area contributed by atoms with Crippen molar-refractivity contribution in [1.29, 1.82) is 0 Å². The van der Waals surface area contributed by atoms with Crippen LogP contribution in [0.3, 0.4) is 0 Å². The molecular weight excluding hydrogens is 520 g/mol. The van der Waals surface area contributed by atoms with Gasteiger partial charge in [-0.25, -0.2) is 0 Å². The van der Waals surface area contributed by atoms with Gasteiger partial charge in [-0.1, -0.05) is 0 Å². The number of hydrogen-bond acceptors (Lipinski definition) is 7. The van der Waals surface area contributed by atoms with Gasteiger partial charge in [0.1, 0.15) is 12.0 Å². The molecule has 0 atom stereocenters. The number of halogens is 8. The first-order valence-electron chi connectivity index (χ1n) is 9.22. The first kappa shape index (κ1) is 28.2. The van der Waals surface area contributed by atoms with Crippen LogP contribution >= 0.6 is 0 Å². The Morgan fingerprint density at radius 2 is 1.25 bits per heavy atom. The van der Waals surface area contributed by atoms with Crippen LogP contribution in [0, 0.1) is 20.2 Å². The summed E-state index contributed by atoms with van der Waals surface area (Å²) in [7, 11) is 0. The van der Waals surface area contributed by atoms with E-state index in [9.17, 15) is 60.1 Å². The Balaban J connectivity index is 2.23. The maximum atomic E-state index is 14.1. The molecule has 0 N–H and O–H groups in total. The highest BCUT2D eigenvalue weighted by atomic mass is 19.4. The van der Waals surface area contributed by atoms with Crippen LogP contribution in [-0.4, -0.2) is 53.0 Å². The van der Waals surface area contributed by atoms with E-state index in [-0.39, 0.29) is 11.6 Å². The van der Waals surface area contributed by atoms with Crippen LogP contribution in [0.5, 0.6) is 11.5 Å². The van der Waals surface area contributed by atoms with Crippen molar-refractivity contribution in [2.45, 2.75) is 23.7 Å². The van der Waals surface area contributed by atoms with E-state index in [0.29, 0.717) is 18.4 Å². The smallest absolute Gasteiger partial charge is 0.381 e. The summed E-state index contributed by atoms with van der Waals surface area (Å²) in [5.74, 6) is -27.2. The standard InChI is InChI=1S/C19H12F8N2O7/c20-16(21,9-35-13-4-1-11(8-30)2-5-13)18(24,25)19(26,27)17(22,23)10-36-15-6-3-12(28(31)32)7-14(15)29(33)34/h1-8H,9-10H2. The highest BCUT2D eigenvalue weighted by Crippen LogP contribution is 2.53. The third kappa shape index (κ3) is 5.44. The Bertz CT molecular complexity index is 1140. The summed E-state index contributed by atoms with van der Waals surface area (Å²) in [5, 5.41) is 21.6. The van der Waals surface area contributed by atoms with Gasteiger partial charge in [0, 0.05) is 11.6 Å². The molecule has 0 saturated heterocycles. The summed E-state index contributed by atoms with van der Waals surface area (Å²) in [6, 6.07) is 4.81. The van der Waals surface area contributed by atoms with Crippen molar-refractivity contribution in [2.24, 2.45) is 0 Å². The lowest BCUT2D eigenvalue weighted by atomic mass is 9.99. The Hall–Kier alpha value is -4.05. The summed E-state index contributed by atoms with van der Waals surface area (Å²) in [5.41, 5.74) is -2.24. The molecule has 2 rings (SSSR count). The minimum absolute atomic E-state index is 0.0267. The summed E-state index contributed by atoms with van der Waals surface area (Å²) in [6.45, 7) is -5.21. The molecule has 0 aliphatic rings. The number of nitro groups is 2. The van der Waals surface area contributed by atoms with E-state index >= 15 is 0 Å². The molecular formula is C19H12F8N2O7. The van der Waals surface area contributed by atoms with Gasteiger partial charge in [-0.15, -0.1) is 0 Å². The van der Waals surface area contributed by atoms with E-state index in [2.05, 4.69) is 9.47 Å².